The fourth-order valence-corrected chi connectivity index (χ4v) is 2.64. The lowest BCUT2D eigenvalue weighted by Gasteiger charge is -2.09. The second-order valence-corrected chi connectivity index (χ2v) is 5.20. The summed E-state index contributed by atoms with van der Waals surface area (Å²) in [6.07, 6.45) is 0.917. The number of nitrogen functional groups attached to an aromatic ring is 1. The number of nitrogens with two attached hydrogens (primary N) is 1. The second kappa shape index (κ2) is 5.00. The summed E-state index contributed by atoms with van der Waals surface area (Å²) in [5.41, 5.74) is 11.3. The topological polar surface area (TPSA) is 43.8 Å². The Hall–Kier alpha value is -2.29. The summed E-state index contributed by atoms with van der Waals surface area (Å²) in [7, 11) is 0. The largest absolute Gasteiger partial charge is 0.399 e. The fraction of sp³-hybridized carbons (Fsp3) is 0.235. The van der Waals surface area contributed by atoms with Crippen LogP contribution < -0.4 is 5.73 Å². The molecule has 102 valence electrons. The number of nitrogens with zero attached hydrogens (tertiary/aromatic N) is 2. The maximum absolute atomic E-state index is 5.85. The van der Waals surface area contributed by atoms with Crippen molar-refractivity contribution in [2.75, 3.05) is 5.73 Å². The molecule has 0 fully saturated rings. The number of fused-ring (bicyclic) bond motifs is 1. The number of aryl methyl sites for hydroxylation is 2. The van der Waals surface area contributed by atoms with E-state index in [9.17, 15) is 0 Å². The molecule has 0 bridgehead atoms. The molecular weight excluding hydrogens is 246 g/mol. The molecule has 0 aliphatic heterocycles. The molecule has 0 spiro atoms. The van der Waals surface area contributed by atoms with Crippen LogP contribution in [0.15, 0.2) is 42.5 Å². The molecule has 0 atom stereocenters. The van der Waals surface area contributed by atoms with E-state index in [-0.39, 0.29) is 0 Å². The van der Waals surface area contributed by atoms with E-state index >= 15 is 0 Å². The van der Waals surface area contributed by atoms with Crippen molar-refractivity contribution < 1.29 is 0 Å². The maximum Gasteiger partial charge on any atom is 0.109 e. The third-order valence-corrected chi connectivity index (χ3v) is 3.59. The molecular formula is C17H19N3. The molecule has 1 aromatic heterocycles. The van der Waals surface area contributed by atoms with Crippen molar-refractivity contribution >= 4 is 16.7 Å². The van der Waals surface area contributed by atoms with Crippen LogP contribution in [-0.2, 0) is 13.0 Å². The maximum atomic E-state index is 5.85. The van der Waals surface area contributed by atoms with Gasteiger partial charge in [-0.3, -0.25) is 0 Å². The third kappa shape index (κ3) is 2.27. The summed E-state index contributed by atoms with van der Waals surface area (Å²) in [4.78, 5) is 4.69. The molecule has 0 amide bonds. The van der Waals surface area contributed by atoms with Crippen LogP contribution in [0.2, 0.25) is 0 Å². The molecule has 0 saturated heterocycles. The Morgan fingerprint density at radius 1 is 1.15 bits per heavy atom. The Labute approximate surface area is 119 Å². The summed E-state index contributed by atoms with van der Waals surface area (Å²) in [6.45, 7) is 5.11. The third-order valence-electron chi connectivity index (χ3n) is 3.59. The number of imidazole rings is 1. The van der Waals surface area contributed by atoms with Crippen molar-refractivity contribution in [1.29, 1.82) is 0 Å². The van der Waals surface area contributed by atoms with E-state index in [1.54, 1.807) is 0 Å². The summed E-state index contributed by atoms with van der Waals surface area (Å²) < 4.78 is 2.28. The minimum absolute atomic E-state index is 0.764. The van der Waals surface area contributed by atoms with Crippen LogP contribution in [0.4, 0.5) is 5.69 Å². The predicted octanol–water partition coefficient (Wildman–Crippen LogP) is 3.54. The number of hydrogen-bond donors (Lipinski definition) is 1. The van der Waals surface area contributed by atoms with Crippen molar-refractivity contribution in [2.24, 2.45) is 0 Å². The molecule has 0 radical (unpaired) electrons. The fourth-order valence-electron chi connectivity index (χ4n) is 2.64. The molecule has 0 unspecified atom stereocenters. The number of benzene rings is 2. The van der Waals surface area contributed by atoms with Gasteiger partial charge in [-0.2, -0.15) is 0 Å². The molecule has 0 saturated carbocycles. The molecule has 3 nitrogen and oxygen atoms in total. The molecule has 3 rings (SSSR count). The smallest absolute Gasteiger partial charge is 0.109 e. The summed E-state index contributed by atoms with van der Waals surface area (Å²) in [5, 5.41) is 0. The monoisotopic (exact) mass is 265 g/mol. The lowest BCUT2D eigenvalue weighted by atomic mass is 10.1. The highest BCUT2D eigenvalue weighted by atomic mass is 15.1. The van der Waals surface area contributed by atoms with Crippen molar-refractivity contribution in [3.8, 4) is 0 Å². The van der Waals surface area contributed by atoms with Gasteiger partial charge in [-0.15, -0.1) is 0 Å². The highest BCUT2D eigenvalue weighted by molar-refractivity contribution is 5.79. The number of anilines is 1. The van der Waals surface area contributed by atoms with Crippen molar-refractivity contribution in [1.82, 2.24) is 9.55 Å². The van der Waals surface area contributed by atoms with Crippen molar-refractivity contribution in [3.05, 3.63) is 59.4 Å². The Morgan fingerprint density at radius 2 is 2.00 bits per heavy atom. The van der Waals surface area contributed by atoms with Gasteiger partial charge in [0.2, 0.25) is 0 Å². The summed E-state index contributed by atoms with van der Waals surface area (Å²) >= 11 is 0. The Morgan fingerprint density at radius 3 is 2.75 bits per heavy atom. The quantitative estimate of drug-likeness (QED) is 0.736. The zero-order chi connectivity index (χ0) is 14.1. The summed E-state index contributed by atoms with van der Waals surface area (Å²) in [5.74, 6) is 1.10. The minimum atomic E-state index is 0.764. The standard InChI is InChI=1S/C17H19N3/c1-3-17-19-15-10-14(18)7-8-16(15)20(17)11-13-6-4-5-12(2)9-13/h4-10H,3,11,18H2,1-2H3. The van der Waals surface area contributed by atoms with Crippen LogP contribution >= 0.6 is 0 Å². The number of aromatic nitrogens is 2. The minimum Gasteiger partial charge on any atom is -0.399 e. The first kappa shape index (κ1) is 12.7. The lowest BCUT2D eigenvalue weighted by Crippen LogP contribution is -2.04. The van der Waals surface area contributed by atoms with Gasteiger partial charge in [-0.05, 0) is 30.7 Å². The van der Waals surface area contributed by atoms with E-state index in [4.69, 9.17) is 10.7 Å². The normalized spacial score (nSPS) is 11.1. The Balaban J connectivity index is 2.10. The van der Waals surface area contributed by atoms with E-state index in [2.05, 4.69) is 48.7 Å². The molecule has 0 aliphatic carbocycles. The van der Waals surface area contributed by atoms with Gasteiger partial charge < -0.3 is 10.3 Å². The highest BCUT2D eigenvalue weighted by Gasteiger charge is 2.10. The highest BCUT2D eigenvalue weighted by Crippen LogP contribution is 2.21. The van der Waals surface area contributed by atoms with E-state index in [1.807, 2.05) is 12.1 Å². The van der Waals surface area contributed by atoms with Gasteiger partial charge in [0.25, 0.3) is 0 Å². The molecule has 2 N–H and O–H groups in total. The first-order chi connectivity index (χ1) is 9.67. The first-order valence-electron chi connectivity index (χ1n) is 6.97. The summed E-state index contributed by atoms with van der Waals surface area (Å²) in [6, 6.07) is 14.6. The Bertz CT molecular complexity index is 756. The van der Waals surface area contributed by atoms with Gasteiger partial charge in [0, 0.05) is 18.7 Å². The average molecular weight is 265 g/mol. The van der Waals surface area contributed by atoms with Crippen LogP contribution in [0.1, 0.15) is 23.9 Å². The van der Waals surface area contributed by atoms with E-state index in [0.29, 0.717) is 0 Å². The first-order valence-corrected chi connectivity index (χ1v) is 6.97. The molecule has 1 heterocycles. The van der Waals surface area contributed by atoms with Gasteiger partial charge >= 0.3 is 0 Å². The zero-order valence-corrected chi connectivity index (χ0v) is 11.9. The van der Waals surface area contributed by atoms with E-state index in [0.717, 1.165) is 35.5 Å². The van der Waals surface area contributed by atoms with Crippen LogP contribution in [0.3, 0.4) is 0 Å². The number of hydrogen-bond acceptors (Lipinski definition) is 2. The molecule has 20 heavy (non-hydrogen) atoms. The van der Waals surface area contributed by atoms with E-state index in [1.165, 1.54) is 11.1 Å². The lowest BCUT2D eigenvalue weighted by molar-refractivity contribution is 0.752. The van der Waals surface area contributed by atoms with Crippen LogP contribution in [0.25, 0.3) is 11.0 Å². The van der Waals surface area contributed by atoms with Gasteiger partial charge in [0.1, 0.15) is 5.82 Å². The molecule has 0 aliphatic rings. The van der Waals surface area contributed by atoms with Crippen LogP contribution in [0, 0.1) is 6.92 Å². The molecule has 2 aromatic carbocycles. The van der Waals surface area contributed by atoms with Crippen molar-refractivity contribution in [3.63, 3.8) is 0 Å². The van der Waals surface area contributed by atoms with Gasteiger partial charge in [-0.1, -0.05) is 36.8 Å². The van der Waals surface area contributed by atoms with Crippen LogP contribution in [-0.4, -0.2) is 9.55 Å². The molecule has 3 heteroatoms. The van der Waals surface area contributed by atoms with Gasteiger partial charge in [0.15, 0.2) is 0 Å². The van der Waals surface area contributed by atoms with Gasteiger partial charge in [-0.25, -0.2) is 4.98 Å². The van der Waals surface area contributed by atoms with Crippen LogP contribution in [0.5, 0.6) is 0 Å². The van der Waals surface area contributed by atoms with Gasteiger partial charge in [0.05, 0.1) is 11.0 Å². The van der Waals surface area contributed by atoms with E-state index < -0.39 is 0 Å². The Kier molecular flexibility index (Phi) is 3.18. The zero-order valence-electron chi connectivity index (χ0n) is 11.9. The SMILES string of the molecule is CCc1nc2cc(N)ccc2n1Cc1cccc(C)c1. The predicted molar refractivity (Wildman–Crippen MR) is 83.8 cm³/mol. The average Bonchev–Trinajstić information content (AvgIpc) is 2.76. The van der Waals surface area contributed by atoms with Crippen molar-refractivity contribution in [2.45, 2.75) is 26.8 Å². The molecule has 3 aromatic rings. The number of rotatable bonds is 3. The second-order valence-electron chi connectivity index (χ2n) is 5.20.